The predicted molar refractivity (Wildman–Crippen MR) is 202 cm³/mol. The molecule has 0 saturated heterocycles. The Morgan fingerprint density at radius 2 is 1.14 bits per heavy atom. The zero-order chi connectivity index (χ0) is 35.3. The van der Waals surface area contributed by atoms with Gasteiger partial charge in [0.05, 0.1) is 12.1 Å². The van der Waals surface area contributed by atoms with E-state index in [9.17, 15) is 14.0 Å². The lowest BCUT2D eigenvalue weighted by molar-refractivity contribution is 0.624. The van der Waals surface area contributed by atoms with Crippen LogP contribution >= 0.6 is 0 Å². The van der Waals surface area contributed by atoms with Gasteiger partial charge in [-0.25, -0.2) is 13.6 Å². The third-order valence-corrected chi connectivity index (χ3v) is 9.78. The standard InChI is InChI=1S/C45H30F2N4/c1-45(2)40-25-34(51(32-12-8-5-9-13-32)36-19-23-43(49-3)42(47)27-36)18-22-38(40)39-20-15-29-24-33(17-21-37(29)44(39)45)50(31-10-6-4-7-11-31)35-16-14-30(28-48)41(46)26-35/h4-27H,1-2H3. The Morgan fingerprint density at radius 3 is 1.75 bits per heavy atom. The summed E-state index contributed by atoms with van der Waals surface area (Å²) in [4.78, 5) is 7.33. The number of anilines is 6. The summed E-state index contributed by atoms with van der Waals surface area (Å²) < 4.78 is 29.9. The number of hydrogen-bond acceptors (Lipinski definition) is 3. The Hall–Kier alpha value is -6.76. The Bertz CT molecular complexity index is 2570. The van der Waals surface area contributed by atoms with Gasteiger partial charge >= 0.3 is 0 Å². The molecule has 244 valence electrons. The molecule has 1 aliphatic carbocycles. The lowest BCUT2D eigenvalue weighted by atomic mass is 9.80. The summed E-state index contributed by atoms with van der Waals surface area (Å²) in [6, 6.07) is 48.0. The summed E-state index contributed by atoms with van der Waals surface area (Å²) in [7, 11) is 0. The van der Waals surface area contributed by atoms with E-state index in [0.717, 1.165) is 50.2 Å². The second-order valence-electron chi connectivity index (χ2n) is 13.1. The summed E-state index contributed by atoms with van der Waals surface area (Å²) >= 11 is 0. The predicted octanol–water partition coefficient (Wildman–Crippen LogP) is 12.8. The third-order valence-electron chi connectivity index (χ3n) is 9.78. The van der Waals surface area contributed by atoms with Gasteiger partial charge in [-0.1, -0.05) is 80.6 Å². The minimum Gasteiger partial charge on any atom is -0.310 e. The highest BCUT2D eigenvalue weighted by Gasteiger charge is 2.37. The second-order valence-corrected chi connectivity index (χ2v) is 13.1. The zero-order valence-electron chi connectivity index (χ0n) is 27.9. The van der Waals surface area contributed by atoms with Crippen molar-refractivity contribution in [1.29, 1.82) is 5.26 Å². The highest BCUT2D eigenvalue weighted by Crippen LogP contribution is 2.53. The summed E-state index contributed by atoms with van der Waals surface area (Å²) in [5, 5.41) is 11.5. The van der Waals surface area contributed by atoms with Crippen LogP contribution in [0, 0.1) is 29.5 Å². The highest BCUT2D eigenvalue weighted by molar-refractivity contribution is 6.00. The Balaban J connectivity index is 1.24. The topological polar surface area (TPSA) is 34.6 Å². The number of rotatable bonds is 6. The van der Waals surface area contributed by atoms with E-state index >= 15 is 0 Å². The van der Waals surface area contributed by atoms with E-state index in [1.807, 2.05) is 76.5 Å². The van der Waals surface area contributed by atoms with Crippen LogP contribution in [0.5, 0.6) is 0 Å². The van der Waals surface area contributed by atoms with Crippen LogP contribution in [0.15, 0.2) is 146 Å². The van der Waals surface area contributed by atoms with Crippen molar-refractivity contribution < 1.29 is 8.78 Å². The first kappa shape index (κ1) is 31.5. The van der Waals surface area contributed by atoms with Crippen molar-refractivity contribution in [2.75, 3.05) is 9.80 Å². The van der Waals surface area contributed by atoms with Crippen LogP contribution in [0.25, 0.3) is 26.7 Å². The zero-order valence-corrected chi connectivity index (χ0v) is 27.9. The molecule has 0 aromatic heterocycles. The molecule has 8 rings (SSSR count). The van der Waals surface area contributed by atoms with E-state index in [-0.39, 0.29) is 16.7 Å². The average molecular weight is 665 g/mol. The Morgan fingerprint density at radius 1 is 0.588 bits per heavy atom. The average Bonchev–Trinajstić information content (AvgIpc) is 3.38. The fourth-order valence-corrected chi connectivity index (χ4v) is 7.42. The molecule has 0 N–H and O–H groups in total. The maximum absolute atomic E-state index is 15.0. The smallest absolute Gasteiger partial charge is 0.222 e. The van der Waals surface area contributed by atoms with Gasteiger partial charge in [-0.15, -0.1) is 0 Å². The van der Waals surface area contributed by atoms with Crippen LogP contribution in [0.4, 0.5) is 48.6 Å². The molecule has 0 amide bonds. The van der Waals surface area contributed by atoms with E-state index in [1.54, 1.807) is 12.1 Å². The quantitative estimate of drug-likeness (QED) is 0.166. The minimum absolute atomic E-state index is 0.00264. The maximum Gasteiger partial charge on any atom is 0.222 e. The van der Waals surface area contributed by atoms with Crippen LogP contribution < -0.4 is 9.80 Å². The number of nitrogens with zero attached hydrogens (tertiary/aromatic N) is 4. The molecule has 1 aliphatic rings. The van der Waals surface area contributed by atoms with Crippen molar-refractivity contribution in [3.8, 4) is 17.2 Å². The van der Waals surface area contributed by atoms with Gasteiger partial charge in [0.1, 0.15) is 17.7 Å². The van der Waals surface area contributed by atoms with Gasteiger partial charge in [-0.2, -0.15) is 5.26 Å². The SMILES string of the molecule is [C-]#[N+]c1ccc(N(c2ccccc2)c2ccc3c(c2)C(C)(C)c2c-3ccc3cc(N(c4ccccc4)c4ccc(C#N)c(F)c4)ccc23)cc1F. The van der Waals surface area contributed by atoms with Crippen LogP contribution in [-0.2, 0) is 5.41 Å². The first-order valence-electron chi connectivity index (χ1n) is 16.6. The number of fused-ring (bicyclic) bond motifs is 5. The van der Waals surface area contributed by atoms with E-state index in [4.69, 9.17) is 6.57 Å². The highest BCUT2D eigenvalue weighted by atomic mass is 19.1. The van der Waals surface area contributed by atoms with E-state index in [2.05, 4.69) is 67.2 Å². The van der Waals surface area contributed by atoms with Crippen molar-refractivity contribution in [3.63, 3.8) is 0 Å². The molecular formula is C45H30F2N4. The van der Waals surface area contributed by atoms with E-state index < -0.39 is 11.6 Å². The molecule has 7 aromatic carbocycles. The number of para-hydroxylation sites is 2. The van der Waals surface area contributed by atoms with Gasteiger partial charge in [0.15, 0.2) is 0 Å². The molecule has 51 heavy (non-hydrogen) atoms. The molecule has 7 aromatic rings. The lowest BCUT2D eigenvalue weighted by Crippen LogP contribution is -2.17. The van der Waals surface area contributed by atoms with Crippen LogP contribution in [0.1, 0.15) is 30.5 Å². The van der Waals surface area contributed by atoms with Gasteiger partial charge < -0.3 is 9.80 Å². The van der Waals surface area contributed by atoms with Gasteiger partial charge in [0, 0.05) is 39.5 Å². The minimum atomic E-state index is -0.565. The monoisotopic (exact) mass is 664 g/mol. The largest absolute Gasteiger partial charge is 0.310 e. The summed E-state index contributed by atoms with van der Waals surface area (Å²) in [5.74, 6) is -1.12. The van der Waals surface area contributed by atoms with E-state index in [1.165, 1.54) is 29.8 Å². The molecule has 0 spiro atoms. The van der Waals surface area contributed by atoms with Gasteiger partial charge in [-0.05, 0) is 112 Å². The number of nitriles is 1. The summed E-state index contributed by atoms with van der Waals surface area (Å²) in [5.41, 5.74) is 9.03. The summed E-state index contributed by atoms with van der Waals surface area (Å²) in [6.45, 7) is 11.8. The van der Waals surface area contributed by atoms with Crippen LogP contribution in [-0.4, -0.2) is 0 Å². The van der Waals surface area contributed by atoms with E-state index in [0.29, 0.717) is 11.4 Å². The molecule has 0 fully saturated rings. The molecule has 0 unspecified atom stereocenters. The van der Waals surface area contributed by atoms with Crippen LogP contribution in [0.3, 0.4) is 0 Å². The molecule has 0 atom stereocenters. The number of hydrogen-bond donors (Lipinski definition) is 0. The first-order chi connectivity index (χ1) is 24.8. The fraction of sp³-hybridized carbons (Fsp3) is 0.0667. The van der Waals surface area contributed by atoms with Crippen molar-refractivity contribution in [3.05, 3.63) is 185 Å². The molecule has 0 saturated carbocycles. The van der Waals surface area contributed by atoms with Crippen molar-refractivity contribution in [1.82, 2.24) is 0 Å². The van der Waals surface area contributed by atoms with Gasteiger partial charge in [-0.3, -0.25) is 0 Å². The lowest BCUT2D eigenvalue weighted by Gasteiger charge is -2.29. The van der Waals surface area contributed by atoms with Crippen molar-refractivity contribution in [2.45, 2.75) is 19.3 Å². The fourth-order valence-electron chi connectivity index (χ4n) is 7.42. The van der Waals surface area contributed by atoms with Crippen LogP contribution in [0.2, 0.25) is 0 Å². The number of benzene rings is 7. The molecule has 0 radical (unpaired) electrons. The molecule has 4 nitrogen and oxygen atoms in total. The third kappa shape index (κ3) is 5.26. The van der Waals surface area contributed by atoms with Crippen molar-refractivity contribution >= 4 is 50.6 Å². The second kappa shape index (κ2) is 12.3. The molecular weight excluding hydrogens is 635 g/mol. The van der Waals surface area contributed by atoms with Gasteiger partial charge in [0.2, 0.25) is 5.69 Å². The van der Waals surface area contributed by atoms with Gasteiger partial charge in [0.25, 0.3) is 0 Å². The molecule has 0 aliphatic heterocycles. The molecule has 0 heterocycles. The Labute approximate surface area is 295 Å². The molecule has 6 heteroatoms. The number of halogens is 2. The maximum atomic E-state index is 15.0. The normalized spacial score (nSPS) is 12.4. The summed E-state index contributed by atoms with van der Waals surface area (Å²) in [6.07, 6.45) is 0. The first-order valence-corrected chi connectivity index (χ1v) is 16.6. The molecule has 0 bridgehead atoms. The van der Waals surface area contributed by atoms with Crippen molar-refractivity contribution in [2.24, 2.45) is 0 Å². The Kier molecular flexibility index (Phi) is 7.59.